The van der Waals surface area contributed by atoms with Crippen molar-refractivity contribution in [3.63, 3.8) is 0 Å². The highest BCUT2D eigenvalue weighted by Gasteiger charge is 2.14. The molecule has 7 heteroatoms. The van der Waals surface area contributed by atoms with Crippen molar-refractivity contribution in [1.29, 1.82) is 0 Å². The van der Waals surface area contributed by atoms with Crippen LogP contribution in [-0.2, 0) is 17.8 Å². The van der Waals surface area contributed by atoms with Gasteiger partial charge in [-0.25, -0.2) is 4.98 Å². The number of hydrogen-bond acceptors (Lipinski definition) is 5. The zero-order valence-electron chi connectivity index (χ0n) is 11.8. The molecule has 0 radical (unpaired) electrons. The van der Waals surface area contributed by atoms with Crippen LogP contribution in [0.25, 0.3) is 9.88 Å². The average Bonchev–Trinajstić information content (AvgIpc) is 3.20. The number of thiazole rings is 1. The van der Waals surface area contributed by atoms with E-state index in [9.17, 15) is 4.79 Å². The van der Waals surface area contributed by atoms with E-state index in [0.717, 1.165) is 24.8 Å². The van der Waals surface area contributed by atoms with Gasteiger partial charge in [0.1, 0.15) is 5.01 Å². The van der Waals surface area contributed by atoms with Gasteiger partial charge in [-0.3, -0.25) is 4.79 Å². The fourth-order valence-corrected chi connectivity index (χ4v) is 4.73. The maximum atomic E-state index is 12.3. The van der Waals surface area contributed by atoms with Gasteiger partial charge in [0.2, 0.25) is 5.91 Å². The molecule has 3 rings (SSSR count). The van der Waals surface area contributed by atoms with Gasteiger partial charge in [-0.15, -0.1) is 34.0 Å². The van der Waals surface area contributed by atoms with E-state index < -0.39 is 0 Å². The molecule has 0 N–H and O–H groups in total. The maximum absolute atomic E-state index is 12.3. The molecule has 0 aliphatic heterocycles. The van der Waals surface area contributed by atoms with Crippen molar-refractivity contribution >= 4 is 51.5 Å². The molecule has 3 aromatic heterocycles. The number of carbonyl (C=O) groups excluding carboxylic acids is 1. The van der Waals surface area contributed by atoms with E-state index in [2.05, 4.69) is 4.98 Å². The molecule has 0 saturated heterocycles. The normalized spacial score (nSPS) is 10.8. The Morgan fingerprint density at radius 3 is 2.86 bits per heavy atom. The Labute approximate surface area is 145 Å². The van der Waals surface area contributed by atoms with Crippen LogP contribution in [0.15, 0.2) is 35.0 Å². The SMILES string of the molecule is CN(Cc1ccc(Cl)s1)C(=O)Cc1csc(-c2cccs2)n1. The molecule has 0 unspecified atom stereocenters. The molecule has 3 aromatic rings. The lowest BCUT2D eigenvalue weighted by atomic mass is 10.3. The van der Waals surface area contributed by atoms with Crippen molar-refractivity contribution in [1.82, 2.24) is 9.88 Å². The Bertz CT molecular complexity index is 763. The minimum atomic E-state index is 0.0625. The standard InChI is InChI=1S/C15H13ClN2OS3/c1-18(8-11-4-5-13(16)22-11)14(19)7-10-9-21-15(17-10)12-3-2-6-20-12/h2-6,9H,7-8H2,1H3. The lowest BCUT2D eigenvalue weighted by Gasteiger charge is -2.15. The van der Waals surface area contributed by atoms with E-state index in [4.69, 9.17) is 11.6 Å². The van der Waals surface area contributed by atoms with Gasteiger partial charge in [0.15, 0.2) is 0 Å². The summed E-state index contributed by atoms with van der Waals surface area (Å²) in [5.41, 5.74) is 0.828. The van der Waals surface area contributed by atoms with Crippen LogP contribution >= 0.6 is 45.6 Å². The van der Waals surface area contributed by atoms with Crippen LogP contribution < -0.4 is 0 Å². The van der Waals surface area contributed by atoms with Gasteiger partial charge in [0, 0.05) is 17.3 Å². The van der Waals surface area contributed by atoms with Crippen molar-refractivity contribution < 1.29 is 4.79 Å². The number of rotatable bonds is 5. The molecule has 1 amide bonds. The van der Waals surface area contributed by atoms with Crippen molar-refractivity contribution in [2.24, 2.45) is 0 Å². The van der Waals surface area contributed by atoms with Crippen LogP contribution in [0.1, 0.15) is 10.6 Å². The van der Waals surface area contributed by atoms with E-state index >= 15 is 0 Å². The van der Waals surface area contributed by atoms with Gasteiger partial charge in [-0.05, 0) is 23.6 Å². The number of thiophene rings is 2. The van der Waals surface area contributed by atoms with Crippen LogP contribution in [0.5, 0.6) is 0 Å². The van der Waals surface area contributed by atoms with Gasteiger partial charge in [-0.1, -0.05) is 17.7 Å². The first kappa shape index (κ1) is 15.7. The highest BCUT2D eigenvalue weighted by Crippen LogP contribution is 2.28. The van der Waals surface area contributed by atoms with Crippen molar-refractivity contribution in [3.8, 4) is 9.88 Å². The largest absolute Gasteiger partial charge is 0.340 e. The molecule has 3 nitrogen and oxygen atoms in total. The number of carbonyl (C=O) groups is 1. The Hall–Kier alpha value is -1.21. The van der Waals surface area contributed by atoms with Crippen LogP contribution in [0.2, 0.25) is 4.34 Å². The van der Waals surface area contributed by atoms with Gasteiger partial charge in [0.05, 0.1) is 27.9 Å². The maximum Gasteiger partial charge on any atom is 0.228 e. The average molecular weight is 369 g/mol. The zero-order chi connectivity index (χ0) is 15.5. The predicted octanol–water partition coefficient (Wildman–Crippen LogP) is 4.79. The molecule has 3 heterocycles. The third-order valence-corrected chi connectivity index (χ3v) is 6.21. The van der Waals surface area contributed by atoms with E-state index in [1.807, 2.05) is 42.1 Å². The molecule has 0 bridgehead atoms. The summed E-state index contributed by atoms with van der Waals surface area (Å²) in [5.74, 6) is 0.0625. The quantitative estimate of drug-likeness (QED) is 0.648. The second-order valence-electron chi connectivity index (χ2n) is 4.75. The van der Waals surface area contributed by atoms with Crippen molar-refractivity contribution in [2.75, 3.05) is 7.05 Å². The lowest BCUT2D eigenvalue weighted by molar-refractivity contribution is -0.129. The molecule has 0 fully saturated rings. The fourth-order valence-electron chi connectivity index (χ4n) is 1.95. The molecule has 0 spiro atoms. The molecule has 22 heavy (non-hydrogen) atoms. The number of amides is 1. The highest BCUT2D eigenvalue weighted by molar-refractivity contribution is 7.20. The van der Waals surface area contributed by atoms with Crippen LogP contribution in [0.4, 0.5) is 0 Å². The van der Waals surface area contributed by atoms with Gasteiger partial charge in [-0.2, -0.15) is 0 Å². The molecule has 0 saturated carbocycles. The Morgan fingerprint density at radius 2 is 2.18 bits per heavy atom. The number of hydrogen-bond donors (Lipinski definition) is 0. The molecule has 114 valence electrons. The Kier molecular flexibility index (Phi) is 4.93. The molecule has 0 aromatic carbocycles. The molecular weight excluding hydrogens is 356 g/mol. The van der Waals surface area contributed by atoms with Gasteiger partial charge < -0.3 is 4.90 Å². The summed E-state index contributed by atoms with van der Waals surface area (Å²) in [6.45, 7) is 0.581. The Morgan fingerprint density at radius 1 is 1.32 bits per heavy atom. The van der Waals surface area contributed by atoms with Gasteiger partial charge >= 0.3 is 0 Å². The van der Waals surface area contributed by atoms with E-state index in [1.54, 1.807) is 27.6 Å². The second kappa shape index (κ2) is 6.91. The summed E-state index contributed by atoms with van der Waals surface area (Å²) in [5, 5.41) is 4.97. The number of halogens is 1. The number of likely N-dealkylation sites (N-methyl/N-ethyl adjacent to an activating group) is 1. The second-order valence-corrected chi connectivity index (χ2v) is 8.36. The van der Waals surface area contributed by atoms with E-state index in [1.165, 1.54) is 11.3 Å². The topological polar surface area (TPSA) is 33.2 Å². The summed E-state index contributed by atoms with van der Waals surface area (Å²) in [6, 6.07) is 7.86. The first-order valence-corrected chi connectivity index (χ1v) is 9.53. The first-order valence-electron chi connectivity index (χ1n) is 6.58. The summed E-state index contributed by atoms with van der Waals surface area (Å²) < 4.78 is 0.746. The first-order chi connectivity index (χ1) is 10.6. The number of nitrogens with zero attached hydrogens (tertiary/aromatic N) is 2. The number of aromatic nitrogens is 1. The minimum absolute atomic E-state index is 0.0625. The van der Waals surface area contributed by atoms with Crippen LogP contribution in [-0.4, -0.2) is 22.8 Å². The zero-order valence-corrected chi connectivity index (χ0v) is 15.0. The molecule has 0 aliphatic carbocycles. The third-order valence-electron chi connectivity index (χ3n) is 3.06. The Balaban J connectivity index is 1.61. The summed E-state index contributed by atoms with van der Waals surface area (Å²) >= 11 is 10.7. The monoisotopic (exact) mass is 368 g/mol. The van der Waals surface area contributed by atoms with Crippen molar-refractivity contribution in [2.45, 2.75) is 13.0 Å². The predicted molar refractivity (Wildman–Crippen MR) is 94.9 cm³/mol. The fraction of sp³-hybridized carbons (Fsp3) is 0.200. The molecular formula is C15H13ClN2OS3. The molecule has 0 atom stereocenters. The van der Waals surface area contributed by atoms with Crippen LogP contribution in [0, 0.1) is 0 Å². The van der Waals surface area contributed by atoms with E-state index in [0.29, 0.717) is 13.0 Å². The van der Waals surface area contributed by atoms with E-state index in [-0.39, 0.29) is 5.91 Å². The van der Waals surface area contributed by atoms with Crippen molar-refractivity contribution in [3.05, 3.63) is 49.9 Å². The third kappa shape index (κ3) is 3.76. The summed E-state index contributed by atoms with van der Waals surface area (Å²) in [4.78, 5) is 20.8. The minimum Gasteiger partial charge on any atom is -0.340 e. The van der Waals surface area contributed by atoms with Crippen LogP contribution in [0.3, 0.4) is 0 Å². The summed E-state index contributed by atoms with van der Waals surface area (Å²) in [6.07, 6.45) is 0.331. The highest BCUT2D eigenvalue weighted by atomic mass is 35.5. The van der Waals surface area contributed by atoms with Gasteiger partial charge in [0.25, 0.3) is 0 Å². The lowest BCUT2D eigenvalue weighted by Crippen LogP contribution is -2.27. The summed E-state index contributed by atoms with van der Waals surface area (Å²) in [7, 11) is 1.81. The molecule has 0 aliphatic rings. The smallest absolute Gasteiger partial charge is 0.228 e.